The molecule has 0 N–H and O–H groups in total. The van der Waals surface area contributed by atoms with Crippen LogP contribution in [-0.2, 0) is 4.79 Å². The molecule has 1 saturated heterocycles. The van der Waals surface area contributed by atoms with Crippen molar-refractivity contribution in [2.24, 2.45) is 0 Å². The number of thioether (sulfide) groups is 1. The Morgan fingerprint density at radius 3 is 2.65 bits per heavy atom. The second kappa shape index (κ2) is 7.34. The van der Waals surface area contributed by atoms with Gasteiger partial charge >= 0.3 is 0 Å². The molecule has 0 spiro atoms. The van der Waals surface area contributed by atoms with Crippen LogP contribution in [0.2, 0.25) is 5.02 Å². The first-order valence-electron chi connectivity index (χ1n) is 7.03. The van der Waals surface area contributed by atoms with Crippen molar-refractivity contribution in [1.82, 2.24) is 9.80 Å². The summed E-state index contributed by atoms with van der Waals surface area (Å²) in [5.74, 6) is 0.228. The fourth-order valence-electron chi connectivity index (χ4n) is 2.34. The number of rotatable bonds is 4. The quantitative estimate of drug-likeness (QED) is 0.799. The molecule has 3 nitrogen and oxygen atoms in total. The Morgan fingerprint density at radius 2 is 2.05 bits per heavy atom. The van der Waals surface area contributed by atoms with Crippen LogP contribution in [-0.4, -0.2) is 53.7 Å². The predicted octanol–water partition coefficient (Wildman–Crippen LogP) is 2.98. The molecule has 1 aliphatic rings. The van der Waals surface area contributed by atoms with Crippen LogP contribution >= 0.6 is 23.4 Å². The highest BCUT2D eigenvalue weighted by Crippen LogP contribution is 2.26. The first-order chi connectivity index (χ1) is 9.60. The van der Waals surface area contributed by atoms with E-state index >= 15 is 0 Å². The van der Waals surface area contributed by atoms with Gasteiger partial charge in [-0.3, -0.25) is 4.79 Å². The SMILES string of the molecule is CCN1CCN(C(=O)C(C)Sc2cccc(Cl)c2)CC1. The largest absolute Gasteiger partial charge is 0.339 e. The lowest BCUT2D eigenvalue weighted by Gasteiger charge is -2.35. The van der Waals surface area contributed by atoms with E-state index in [0.29, 0.717) is 5.02 Å². The number of carbonyl (C=O) groups excluding carboxylic acids is 1. The maximum absolute atomic E-state index is 12.4. The molecule has 1 heterocycles. The minimum Gasteiger partial charge on any atom is -0.339 e. The fourth-order valence-corrected chi connectivity index (χ4v) is 3.60. The van der Waals surface area contributed by atoms with Crippen molar-refractivity contribution in [2.45, 2.75) is 24.0 Å². The Kier molecular flexibility index (Phi) is 5.75. The summed E-state index contributed by atoms with van der Waals surface area (Å²) >= 11 is 7.55. The van der Waals surface area contributed by atoms with Gasteiger partial charge in [0.25, 0.3) is 0 Å². The highest BCUT2D eigenvalue weighted by Gasteiger charge is 2.24. The number of likely N-dealkylation sites (N-methyl/N-ethyl adjacent to an activating group) is 1. The molecule has 1 atom stereocenters. The molecular formula is C15H21ClN2OS. The molecule has 0 aromatic heterocycles. The van der Waals surface area contributed by atoms with Crippen LogP contribution in [0.5, 0.6) is 0 Å². The third kappa shape index (κ3) is 4.14. The Bertz CT molecular complexity index is 461. The van der Waals surface area contributed by atoms with Crippen LogP contribution in [0.1, 0.15) is 13.8 Å². The second-order valence-electron chi connectivity index (χ2n) is 4.98. The van der Waals surface area contributed by atoms with E-state index in [1.807, 2.05) is 36.1 Å². The van der Waals surface area contributed by atoms with E-state index in [9.17, 15) is 4.79 Å². The first-order valence-corrected chi connectivity index (χ1v) is 8.29. The standard InChI is InChI=1S/C15H21ClN2OS/c1-3-17-7-9-18(10-8-17)15(19)12(2)20-14-6-4-5-13(16)11-14/h4-6,11-12H,3,7-10H2,1-2H3. The Hall–Kier alpha value is -0.710. The summed E-state index contributed by atoms with van der Waals surface area (Å²) < 4.78 is 0. The molecule has 110 valence electrons. The molecule has 0 radical (unpaired) electrons. The van der Waals surface area contributed by atoms with Gasteiger partial charge in [0.15, 0.2) is 0 Å². The molecule has 0 saturated carbocycles. The molecule has 2 rings (SSSR count). The summed E-state index contributed by atoms with van der Waals surface area (Å²) in [5, 5.41) is 0.646. The van der Waals surface area contributed by atoms with Crippen molar-refractivity contribution >= 4 is 29.3 Å². The van der Waals surface area contributed by atoms with E-state index in [0.717, 1.165) is 37.6 Å². The van der Waals surface area contributed by atoms with Gasteiger partial charge in [-0.1, -0.05) is 24.6 Å². The summed E-state index contributed by atoms with van der Waals surface area (Å²) in [6.45, 7) is 8.85. The number of hydrogen-bond acceptors (Lipinski definition) is 3. The predicted molar refractivity (Wildman–Crippen MR) is 85.5 cm³/mol. The van der Waals surface area contributed by atoms with E-state index in [1.165, 1.54) is 0 Å². The Morgan fingerprint density at radius 1 is 1.35 bits per heavy atom. The van der Waals surface area contributed by atoms with Gasteiger partial charge in [0.1, 0.15) is 0 Å². The first kappa shape index (κ1) is 15.7. The molecule has 0 aliphatic carbocycles. The van der Waals surface area contributed by atoms with Gasteiger partial charge < -0.3 is 9.80 Å². The molecule has 1 unspecified atom stereocenters. The molecule has 1 aromatic rings. The number of amides is 1. The minimum atomic E-state index is -0.0679. The van der Waals surface area contributed by atoms with Crippen LogP contribution in [0.15, 0.2) is 29.2 Å². The average molecular weight is 313 g/mol. The number of benzene rings is 1. The minimum absolute atomic E-state index is 0.0679. The fraction of sp³-hybridized carbons (Fsp3) is 0.533. The number of hydrogen-bond donors (Lipinski definition) is 0. The van der Waals surface area contributed by atoms with Gasteiger partial charge in [-0.15, -0.1) is 11.8 Å². The zero-order valence-corrected chi connectivity index (χ0v) is 13.6. The van der Waals surface area contributed by atoms with Gasteiger partial charge in [0.05, 0.1) is 5.25 Å². The van der Waals surface area contributed by atoms with E-state index in [-0.39, 0.29) is 11.2 Å². The number of halogens is 1. The molecule has 1 amide bonds. The maximum Gasteiger partial charge on any atom is 0.235 e. The summed E-state index contributed by atoms with van der Waals surface area (Å²) in [4.78, 5) is 17.8. The third-order valence-corrected chi connectivity index (χ3v) is 4.90. The maximum atomic E-state index is 12.4. The molecule has 5 heteroatoms. The lowest BCUT2D eigenvalue weighted by atomic mass is 10.3. The molecule has 1 aromatic carbocycles. The summed E-state index contributed by atoms with van der Waals surface area (Å²) in [6.07, 6.45) is 0. The van der Waals surface area contributed by atoms with Crippen LogP contribution in [0.25, 0.3) is 0 Å². The molecule has 0 bridgehead atoms. The van der Waals surface area contributed by atoms with Gasteiger partial charge in [-0.2, -0.15) is 0 Å². The summed E-state index contributed by atoms with van der Waals surface area (Å²) in [6, 6.07) is 7.67. The lowest BCUT2D eigenvalue weighted by molar-refractivity contribution is -0.132. The van der Waals surface area contributed by atoms with Gasteiger partial charge in [-0.05, 0) is 31.7 Å². The van der Waals surface area contributed by atoms with Crippen LogP contribution in [0, 0.1) is 0 Å². The van der Waals surface area contributed by atoms with Crippen LogP contribution in [0.4, 0.5) is 0 Å². The van der Waals surface area contributed by atoms with Gasteiger partial charge in [0.2, 0.25) is 5.91 Å². The number of nitrogens with zero attached hydrogens (tertiary/aromatic N) is 2. The zero-order chi connectivity index (χ0) is 14.5. The van der Waals surface area contributed by atoms with E-state index in [1.54, 1.807) is 11.8 Å². The van der Waals surface area contributed by atoms with E-state index in [2.05, 4.69) is 11.8 Å². The lowest BCUT2D eigenvalue weighted by Crippen LogP contribution is -2.50. The average Bonchev–Trinajstić information content (AvgIpc) is 2.46. The van der Waals surface area contributed by atoms with E-state index in [4.69, 9.17) is 11.6 Å². The normalized spacial score (nSPS) is 18.1. The van der Waals surface area contributed by atoms with Crippen molar-refractivity contribution in [3.63, 3.8) is 0 Å². The second-order valence-corrected chi connectivity index (χ2v) is 6.83. The molecular weight excluding hydrogens is 292 g/mol. The topological polar surface area (TPSA) is 23.6 Å². The zero-order valence-electron chi connectivity index (χ0n) is 12.0. The van der Waals surface area contributed by atoms with Crippen molar-refractivity contribution in [3.05, 3.63) is 29.3 Å². The Labute approximate surface area is 130 Å². The van der Waals surface area contributed by atoms with Crippen molar-refractivity contribution in [3.8, 4) is 0 Å². The summed E-state index contributed by atoms with van der Waals surface area (Å²) in [5.41, 5.74) is 0. The highest BCUT2D eigenvalue weighted by molar-refractivity contribution is 8.00. The van der Waals surface area contributed by atoms with Crippen LogP contribution in [0.3, 0.4) is 0 Å². The number of carbonyl (C=O) groups is 1. The number of piperazine rings is 1. The molecule has 20 heavy (non-hydrogen) atoms. The molecule has 1 fully saturated rings. The van der Waals surface area contributed by atoms with Crippen molar-refractivity contribution in [2.75, 3.05) is 32.7 Å². The van der Waals surface area contributed by atoms with Crippen LogP contribution < -0.4 is 0 Å². The molecule has 1 aliphatic heterocycles. The van der Waals surface area contributed by atoms with Crippen molar-refractivity contribution < 1.29 is 4.79 Å². The smallest absolute Gasteiger partial charge is 0.235 e. The highest BCUT2D eigenvalue weighted by atomic mass is 35.5. The van der Waals surface area contributed by atoms with Crippen molar-refractivity contribution in [1.29, 1.82) is 0 Å². The monoisotopic (exact) mass is 312 g/mol. The Balaban J connectivity index is 1.89. The summed E-state index contributed by atoms with van der Waals surface area (Å²) in [7, 11) is 0. The van der Waals surface area contributed by atoms with Gasteiger partial charge in [0, 0.05) is 36.1 Å². The van der Waals surface area contributed by atoms with Gasteiger partial charge in [-0.25, -0.2) is 0 Å². The third-order valence-electron chi connectivity index (χ3n) is 3.59. The van der Waals surface area contributed by atoms with E-state index < -0.39 is 0 Å².